The third-order valence-electron chi connectivity index (χ3n) is 4.73. The van der Waals surface area contributed by atoms with Crippen molar-refractivity contribution in [1.82, 2.24) is 14.8 Å². The number of sulfonamides is 1. The molecule has 0 saturated carbocycles. The first kappa shape index (κ1) is 21.8. The van der Waals surface area contributed by atoms with E-state index in [1.807, 2.05) is 0 Å². The first-order valence-corrected chi connectivity index (χ1v) is 10.7. The van der Waals surface area contributed by atoms with Gasteiger partial charge >= 0.3 is 6.18 Å². The molecule has 0 spiro atoms. The average Bonchev–Trinajstić information content (AvgIpc) is 3.13. The second kappa shape index (κ2) is 8.47. The highest BCUT2D eigenvalue weighted by Gasteiger charge is 2.30. The van der Waals surface area contributed by atoms with Crippen LogP contribution in [0.2, 0.25) is 0 Å². The van der Waals surface area contributed by atoms with E-state index in [9.17, 15) is 21.6 Å². The van der Waals surface area contributed by atoms with E-state index < -0.39 is 21.8 Å². The van der Waals surface area contributed by atoms with E-state index in [2.05, 4.69) is 28.7 Å². The molecule has 0 radical (unpaired) electrons. The number of rotatable bonds is 7. The predicted molar refractivity (Wildman–Crippen MR) is 107 cm³/mol. The molecule has 30 heavy (non-hydrogen) atoms. The third-order valence-corrected chi connectivity index (χ3v) is 6.08. The first-order valence-electron chi connectivity index (χ1n) is 9.27. The van der Waals surface area contributed by atoms with Gasteiger partial charge in [0.25, 0.3) is 16.0 Å². The lowest BCUT2D eigenvalue weighted by molar-refractivity contribution is -0.137. The second-order valence-corrected chi connectivity index (χ2v) is 8.63. The largest absolute Gasteiger partial charge is 0.416 e. The van der Waals surface area contributed by atoms with Crippen molar-refractivity contribution >= 4 is 16.0 Å². The van der Waals surface area contributed by atoms with Crippen LogP contribution in [0.15, 0.2) is 59.8 Å². The molecule has 1 N–H and O–H groups in total. The Hall–Kier alpha value is -2.88. The topological polar surface area (TPSA) is 76.9 Å². The Kier molecular flexibility index (Phi) is 6.16. The standard InChI is InChI=1S/C20H21F3N4O2S/c1-3-14(2)16-7-9-18(10-8-16)30(28,29)26-19-24-13-27(25-19)12-15-5-4-6-17(11-15)20(21,22)23/h4-11,13-14H,3,12H2,1-2H3,(H,25,26). The molecule has 1 heterocycles. The average molecular weight is 438 g/mol. The van der Waals surface area contributed by atoms with Gasteiger partial charge in [-0.1, -0.05) is 38.1 Å². The Balaban J connectivity index is 1.72. The van der Waals surface area contributed by atoms with Gasteiger partial charge in [0.1, 0.15) is 6.33 Å². The Morgan fingerprint density at radius 2 is 1.83 bits per heavy atom. The third kappa shape index (κ3) is 5.18. The number of halogens is 3. The van der Waals surface area contributed by atoms with Gasteiger partial charge in [-0.25, -0.2) is 17.8 Å². The summed E-state index contributed by atoms with van der Waals surface area (Å²) in [5.41, 5.74) is 0.645. The monoisotopic (exact) mass is 438 g/mol. The van der Waals surface area contributed by atoms with Gasteiger partial charge in [0.15, 0.2) is 0 Å². The zero-order valence-corrected chi connectivity index (χ0v) is 17.2. The van der Waals surface area contributed by atoms with Gasteiger partial charge < -0.3 is 0 Å². The molecule has 1 atom stereocenters. The van der Waals surface area contributed by atoms with Crippen molar-refractivity contribution in [1.29, 1.82) is 0 Å². The molecular formula is C20H21F3N4O2S. The number of aromatic nitrogens is 3. The smallest absolute Gasteiger partial charge is 0.246 e. The van der Waals surface area contributed by atoms with Crippen molar-refractivity contribution in [2.75, 3.05) is 4.72 Å². The molecule has 1 unspecified atom stereocenters. The fourth-order valence-electron chi connectivity index (χ4n) is 2.84. The van der Waals surface area contributed by atoms with Crippen molar-refractivity contribution in [3.05, 3.63) is 71.5 Å². The van der Waals surface area contributed by atoms with E-state index in [0.717, 1.165) is 24.1 Å². The molecule has 0 fully saturated rings. The normalized spacial score (nSPS) is 13.2. The Labute approximate surface area is 172 Å². The molecule has 1 aromatic heterocycles. The number of benzene rings is 2. The zero-order chi connectivity index (χ0) is 21.9. The minimum Gasteiger partial charge on any atom is -0.246 e. The van der Waals surface area contributed by atoms with Crippen LogP contribution in [0.4, 0.5) is 19.1 Å². The number of nitrogens with zero attached hydrogens (tertiary/aromatic N) is 3. The number of hydrogen-bond acceptors (Lipinski definition) is 4. The van der Waals surface area contributed by atoms with Crippen LogP contribution in [0.25, 0.3) is 0 Å². The molecule has 0 saturated heterocycles. The number of hydrogen-bond donors (Lipinski definition) is 1. The molecule has 0 aliphatic carbocycles. The summed E-state index contributed by atoms with van der Waals surface area (Å²) in [6, 6.07) is 11.4. The summed E-state index contributed by atoms with van der Waals surface area (Å²) in [6.45, 7) is 4.13. The van der Waals surface area contributed by atoms with Gasteiger partial charge in [-0.3, -0.25) is 0 Å². The Morgan fingerprint density at radius 1 is 1.13 bits per heavy atom. The number of anilines is 1. The highest BCUT2D eigenvalue weighted by Crippen LogP contribution is 2.29. The van der Waals surface area contributed by atoms with E-state index in [4.69, 9.17) is 0 Å². The SMILES string of the molecule is CCC(C)c1ccc(S(=O)(=O)Nc2ncn(Cc3cccc(C(F)(F)F)c3)n2)cc1. The second-order valence-electron chi connectivity index (χ2n) is 6.95. The van der Waals surface area contributed by atoms with Crippen molar-refractivity contribution in [3.8, 4) is 0 Å². The molecule has 6 nitrogen and oxygen atoms in total. The zero-order valence-electron chi connectivity index (χ0n) is 16.4. The molecule has 10 heteroatoms. The fraction of sp³-hybridized carbons (Fsp3) is 0.300. The lowest BCUT2D eigenvalue weighted by Gasteiger charge is -2.10. The summed E-state index contributed by atoms with van der Waals surface area (Å²) in [7, 11) is -3.89. The maximum absolute atomic E-state index is 12.8. The Bertz CT molecular complexity index is 1110. The highest BCUT2D eigenvalue weighted by atomic mass is 32.2. The maximum atomic E-state index is 12.8. The van der Waals surface area contributed by atoms with Crippen LogP contribution >= 0.6 is 0 Å². The maximum Gasteiger partial charge on any atom is 0.416 e. The molecule has 3 aromatic rings. The summed E-state index contributed by atoms with van der Waals surface area (Å²) < 4.78 is 67.2. The van der Waals surface area contributed by atoms with E-state index in [1.54, 1.807) is 12.1 Å². The van der Waals surface area contributed by atoms with Crippen LogP contribution < -0.4 is 4.72 Å². The van der Waals surface area contributed by atoms with Crippen molar-refractivity contribution in [3.63, 3.8) is 0 Å². The number of alkyl halides is 3. The van der Waals surface area contributed by atoms with Gasteiger partial charge in [-0.15, -0.1) is 5.10 Å². The lowest BCUT2D eigenvalue weighted by atomic mass is 9.99. The van der Waals surface area contributed by atoms with Crippen LogP contribution in [0.5, 0.6) is 0 Å². The van der Waals surface area contributed by atoms with Crippen molar-refractivity contribution < 1.29 is 21.6 Å². The van der Waals surface area contributed by atoms with Gasteiger partial charge in [0, 0.05) is 0 Å². The predicted octanol–water partition coefficient (Wildman–Crippen LogP) is 4.66. The highest BCUT2D eigenvalue weighted by molar-refractivity contribution is 7.92. The lowest BCUT2D eigenvalue weighted by Crippen LogP contribution is -2.14. The summed E-state index contributed by atoms with van der Waals surface area (Å²) in [4.78, 5) is 3.97. The molecule has 0 amide bonds. The van der Waals surface area contributed by atoms with Crippen LogP contribution in [-0.4, -0.2) is 23.2 Å². The van der Waals surface area contributed by atoms with Crippen LogP contribution in [0.1, 0.15) is 42.9 Å². The molecule has 3 rings (SSSR count). The summed E-state index contributed by atoms with van der Waals surface area (Å²) in [5, 5.41) is 4.00. The molecule has 0 aliphatic heterocycles. The molecule has 160 valence electrons. The van der Waals surface area contributed by atoms with Gasteiger partial charge in [0.05, 0.1) is 17.0 Å². The number of nitrogens with one attached hydrogen (secondary N) is 1. The van der Waals surface area contributed by atoms with Crippen LogP contribution in [0.3, 0.4) is 0 Å². The summed E-state index contributed by atoms with van der Waals surface area (Å²) in [6.07, 6.45) is -2.24. The van der Waals surface area contributed by atoms with Crippen LogP contribution in [0, 0.1) is 0 Å². The van der Waals surface area contributed by atoms with Crippen molar-refractivity contribution in [2.45, 2.75) is 43.8 Å². The van der Waals surface area contributed by atoms with E-state index in [1.165, 1.54) is 35.3 Å². The Morgan fingerprint density at radius 3 is 2.47 bits per heavy atom. The summed E-state index contributed by atoms with van der Waals surface area (Å²) in [5.74, 6) is 0.163. The van der Waals surface area contributed by atoms with Gasteiger partial charge in [0.2, 0.25) is 0 Å². The summed E-state index contributed by atoms with van der Waals surface area (Å²) >= 11 is 0. The van der Waals surface area contributed by atoms with E-state index in [-0.39, 0.29) is 17.4 Å². The molecule has 0 bridgehead atoms. The van der Waals surface area contributed by atoms with Crippen LogP contribution in [-0.2, 0) is 22.7 Å². The first-order chi connectivity index (χ1) is 14.1. The quantitative estimate of drug-likeness (QED) is 0.582. The molecule has 2 aromatic carbocycles. The van der Waals surface area contributed by atoms with E-state index >= 15 is 0 Å². The van der Waals surface area contributed by atoms with Crippen molar-refractivity contribution in [2.24, 2.45) is 0 Å². The van der Waals surface area contributed by atoms with E-state index in [0.29, 0.717) is 11.5 Å². The minimum absolute atomic E-state index is 0.0161. The fourth-order valence-corrected chi connectivity index (χ4v) is 3.79. The minimum atomic E-state index is -4.44. The van der Waals surface area contributed by atoms with Gasteiger partial charge in [-0.2, -0.15) is 18.2 Å². The molecular weight excluding hydrogens is 417 g/mol. The molecule has 0 aliphatic rings. The van der Waals surface area contributed by atoms with Gasteiger partial charge in [-0.05, 0) is 47.7 Å².